The first-order chi connectivity index (χ1) is 12.2. The van der Waals surface area contributed by atoms with E-state index < -0.39 is 0 Å². The molecule has 3 aromatic rings. The minimum absolute atomic E-state index is 0.0664. The van der Waals surface area contributed by atoms with Crippen molar-refractivity contribution in [2.24, 2.45) is 0 Å². The molecule has 3 nitrogen and oxygen atoms in total. The first kappa shape index (κ1) is 15.1. The van der Waals surface area contributed by atoms with Gasteiger partial charge >= 0.3 is 0 Å². The summed E-state index contributed by atoms with van der Waals surface area (Å²) in [5.74, 6) is 0.0952. The number of hydrogen-bond acceptors (Lipinski definition) is 2. The molecule has 1 aromatic heterocycles. The highest BCUT2D eigenvalue weighted by Gasteiger charge is 2.35. The van der Waals surface area contributed by atoms with Gasteiger partial charge in [0.1, 0.15) is 5.69 Å². The van der Waals surface area contributed by atoms with Gasteiger partial charge in [-0.05, 0) is 42.7 Å². The number of para-hydroxylation sites is 1. The van der Waals surface area contributed by atoms with E-state index in [0.29, 0.717) is 0 Å². The molecular formula is C21H16BrNO2. The molecule has 0 amide bonds. The van der Waals surface area contributed by atoms with E-state index in [4.69, 9.17) is 4.74 Å². The van der Waals surface area contributed by atoms with Crippen LogP contribution in [0.25, 0.3) is 16.8 Å². The van der Waals surface area contributed by atoms with Crippen molar-refractivity contribution in [3.8, 4) is 16.8 Å². The van der Waals surface area contributed by atoms with Gasteiger partial charge in [0.05, 0.1) is 11.8 Å². The van der Waals surface area contributed by atoms with Crippen LogP contribution in [0.2, 0.25) is 0 Å². The smallest absolute Gasteiger partial charge is 0.212 e. The molecule has 4 heteroatoms. The summed E-state index contributed by atoms with van der Waals surface area (Å²) in [5.41, 5.74) is 5.69. The summed E-state index contributed by atoms with van der Waals surface area (Å²) >= 11 is 3.49. The maximum atomic E-state index is 13.1. The second kappa shape index (κ2) is 5.68. The summed E-state index contributed by atoms with van der Waals surface area (Å²) in [6.07, 6.45) is 4.24. The van der Waals surface area contributed by atoms with Crippen LogP contribution in [0.3, 0.4) is 0 Å². The maximum absolute atomic E-state index is 13.1. The van der Waals surface area contributed by atoms with Crippen LogP contribution in [0.4, 0.5) is 0 Å². The Kier molecular flexibility index (Phi) is 3.43. The number of fused-ring (bicyclic) bond motifs is 3. The Balaban J connectivity index is 1.78. The molecule has 0 radical (unpaired) electrons. The van der Waals surface area contributed by atoms with E-state index in [2.05, 4.69) is 34.3 Å². The van der Waals surface area contributed by atoms with Crippen molar-refractivity contribution < 1.29 is 9.53 Å². The molecule has 2 aliphatic rings. The number of halogens is 1. The van der Waals surface area contributed by atoms with Crippen molar-refractivity contribution in [3.05, 3.63) is 76.0 Å². The molecule has 0 bridgehead atoms. The number of carbonyl (C=O) groups excluding carboxylic acids is 1. The van der Waals surface area contributed by atoms with Gasteiger partial charge in [-0.25, -0.2) is 0 Å². The van der Waals surface area contributed by atoms with Crippen LogP contribution in [-0.4, -0.2) is 17.0 Å². The molecule has 0 saturated carbocycles. The summed E-state index contributed by atoms with van der Waals surface area (Å²) in [6.45, 7) is 0.787. The Bertz CT molecular complexity index is 982. The Morgan fingerprint density at radius 1 is 1.08 bits per heavy atom. The van der Waals surface area contributed by atoms with E-state index >= 15 is 0 Å². The lowest BCUT2D eigenvalue weighted by Gasteiger charge is -2.12. The predicted octanol–water partition coefficient (Wildman–Crippen LogP) is 5.30. The first-order valence-electron chi connectivity index (χ1n) is 8.51. The van der Waals surface area contributed by atoms with Crippen LogP contribution < -0.4 is 0 Å². The van der Waals surface area contributed by atoms with Crippen LogP contribution in [-0.2, 0) is 4.74 Å². The Labute approximate surface area is 154 Å². The SMILES string of the molecule is O=C1c2ccccc2-n2cc(C3CCCO3)c(-c3ccc(Br)cc3)c21. The molecule has 0 spiro atoms. The molecule has 5 rings (SSSR count). The summed E-state index contributed by atoms with van der Waals surface area (Å²) in [6, 6.07) is 16.0. The molecule has 0 N–H and O–H groups in total. The molecule has 0 aliphatic carbocycles. The average molecular weight is 394 g/mol. The number of carbonyl (C=O) groups is 1. The van der Waals surface area contributed by atoms with Gasteiger partial charge in [0, 0.05) is 34.0 Å². The van der Waals surface area contributed by atoms with E-state index in [0.717, 1.165) is 57.6 Å². The summed E-state index contributed by atoms with van der Waals surface area (Å²) in [7, 11) is 0. The quantitative estimate of drug-likeness (QED) is 0.462. The van der Waals surface area contributed by atoms with Crippen molar-refractivity contribution in [1.82, 2.24) is 4.57 Å². The molecule has 1 unspecified atom stereocenters. The number of nitrogens with zero attached hydrogens (tertiary/aromatic N) is 1. The fourth-order valence-electron chi connectivity index (χ4n) is 3.93. The van der Waals surface area contributed by atoms with E-state index in [1.54, 1.807) is 0 Å². The third-order valence-corrected chi connectivity index (χ3v) is 5.60. The minimum Gasteiger partial charge on any atom is -0.373 e. The lowest BCUT2D eigenvalue weighted by molar-refractivity contribution is 0.104. The van der Waals surface area contributed by atoms with Crippen LogP contribution in [0.5, 0.6) is 0 Å². The zero-order valence-corrected chi connectivity index (χ0v) is 15.1. The number of benzene rings is 2. The van der Waals surface area contributed by atoms with Crippen LogP contribution in [0, 0.1) is 0 Å². The van der Waals surface area contributed by atoms with Crippen molar-refractivity contribution >= 4 is 21.7 Å². The molecule has 124 valence electrons. The van der Waals surface area contributed by atoms with Gasteiger partial charge in [-0.1, -0.05) is 40.2 Å². The van der Waals surface area contributed by atoms with Crippen molar-refractivity contribution in [3.63, 3.8) is 0 Å². The molecule has 1 saturated heterocycles. The van der Waals surface area contributed by atoms with E-state index in [-0.39, 0.29) is 11.9 Å². The monoisotopic (exact) mass is 393 g/mol. The number of rotatable bonds is 2. The van der Waals surface area contributed by atoms with E-state index in [9.17, 15) is 4.79 Å². The first-order valence-corrected chi connectivity index (χ1v) is 9.30. The lowest BCUT2D eigenvalue weighted by Crippen LogP contribution is -2.01. The Morgan fingerprint density at radius 2 is 1.88 bits per heavy atom. The van der Waals surface area contributed by atoms with Gasteiger partial charge in [-0.2, -0.15) is 0 Å². The number of hydrogen-bond donors (Lipinski definition) is 0. The zero-order chi connectivity index (χ0) is 17.0. The third-order valence-electron chi connectivity index (χ3n) is 5.07. The van der Waals surface area contributed by atoms with Crippen molar-refractivity contribution in [2.75, 3.05) is 6.61 Å². The highest BCUT2D eigenvalue weighted by atomic mass is 79.9. The average Bonchev–Trinajstić information content (AvgIpc) is 3.33. The molecular weight excluding hydrogens is 378 g/mol. The number of aromatic nitrogens is 1. The summed E-state index contributed by atoms with van der Waals surface area (Å²) in [5, 5.41) is 0. The maximum Gasteiger partial charge on any atom is 0.212 e. The fourth-order valence-corrected chi connectivity index (χ4v) is 4.19. The van der Waals surface area contributed by atoms with Crippen molar-refractivity contribution in [2.45, 2.75) is 18.9 Å². The summed E-state index contributed by atoms with van der Waals surface area (Å²) in [4.78, 5) is 13.1. The summed E-state index contributed by atoms with van der Waals surface area (Å²) < 4.78 is 9.03. The molecule has 3 heterocycles. The molecule has 25 heavy (non-hydrogen) atoms. The number of ketones is 1. The second-order valence-corrected chi connectivity index (χ2v) is 7.45. The van der Waals surface area contributed by atoms with Crippen LogP contribution in [0.15, 0.2) is 59.2 Å². The fraction of sp³-hybridized carbons (Fsp3) is 0.190. The zero-order valence-electron chi connectivity index (χ0n) is 13.5. The largest absolute Gasteiger partial charge is 0.373 e. The van der Waals surface area contributed by atoms with Gasteiger partial charge in [-0.3, -0.25) is 4.79 Å². The normalized spacial score (nSPS) is 18.4. The van der Waals surface area contributed by atoms with E-state index in [1.165, 1.54) is 0 Å². The standard InChI is InChI=1S/C21H16BrNO2/c22-14-9-7-13(8-10-14)19-16(18-6-3-11-25-18)12-23-17-5-2-1-4-15(17)21(24)20(19)23/h1-2,4-5,7-10,12,18H,3,6,11H2. The Hall–Kier alpha value is -2.17. The van der Waals surface area contributed by atoms with Gasteiger partial charge in [0.15, 0.2) is 0 Å². The van der Waals surface area contributed by atoms with Crippen LogP contribution in [0.1, 0.15) is 40.6 Å². The molecule has 1 fully saturated rings. The Morgan fingerprint density at radius 3 is 2.64 bits per heavy atom. The van der Waals surface area contributed by atoms with Gasteiger partial charge in [-0.15, -0.1) is 0 Å². The van der Waals surface area contributed by atoms with Crippen molar-refractivity contribution in [1.29, 1.82) is 0 Å². The minimum atomic E-state index is 0.0664. The molecule has 2 aliphatic heterocycles. The third kappa shape index (κ3) is 2.25. The van der Waals surface area contributed by atoms with Gasteiger partial charge < -0.3 is 9.30 Å². The highest BCUT2D eigenvalue weighted by molar-refractivity contribution is 9.10. The van der Waals surface area contributed by atoms with E-state index in [1.807, 2.05) is 41.0 Å². The molecule has 2 aromatic carbocycles. The van der Waals surface area contributed by atoms with Crippen LogP contribution >= 0.6 is 15.9 Å². The van der Waals surface area contributed by atoms with Gasteiger partial charge in [0.2, 0.25) is 5.78 Å². The topological polar surface area (TPSA) is 31.2 Å². The van der Waals surface area contributed by atoms with Gasteiger partial charge in [0.25, 0.3) is 0 Å². The second-order valence-electron chi connectivity index (χ2n) is 6.53. The number of ether oxygens (including phenoxy) is 1. The lowest BCUT2D eigenvalue weighted by atomic mass is 9.95. The highest BCUT2D eigenvalue weighted by Crippen LogP contribution is 2.43. The predicted molar refractivity (Wildman–Crippen MR) is 100 cm³/mol. The molecule has 1 atom stereocenters.